The lowest BCUT2D eigenvalue weighted by Gasteiger charge is -2.14. The van der Waals surface area contributed by atoms with E-state index in [9.17, 15) is 4.79 Å². The first-order valence-corrected chi connectivity index (χ1v) is 10.8. The zero-order valence-corrected chi connectivity index (χ0v) is 17.6. The van der Waals surface area contributed by atoms with Crippen LogP contribution >= 0.6 is 0 Å². The third kappa shape index (κ3) is 19.9. The molecule has 0 aliphatic carbocycles. The van der Waals surface area contributed by atoms with Crippen molar-refractivity contribution in [2.24, 2.45) is 0 Å². The van der Waals surface area contributed by atoms with E-state index in [2.05, 4.69) is 6.92 Å². The monoisotopic (exact) mass is 390 g/mol. The molecule has 0 aromatic rings. The highest BCUT2D eigenvalue weighted by molar-refractivity contribution is 5.70. The molecule has 0 heterocycles. The number of hydrogen-bond acceptors (Lipinski definition) is 5. The molecule has 0 fully saturated rings. The van der Waals surface area contributed by atoms with E-state index in [1.807, 2.05) is 6.92 Å². The summed E-state index contributed by atoms with van der Waals surface area (Å²) in [5.41, 5.74) is 0. The Morgan fingerprint density at radius 3 is 1.70 bits per heavy atom. The zero-order valence-electron chi connectivity index (χ0n) is 17.6. The van der Waals surface area contributed by atoms with Gasteiger partial charge in [-0.1, -0.05) is 71.1 Å². The molecular weight excluding hydrogens is 348 g/mol. The van der Waals surface area contributed by atoms with Crippen molar-refractivity contribution in [3.05, 3.63) is 0 Å². The summed E-state index contributed by atoms with van der Waals surface area (Å²) < 4.78 is 21.0. The molecule has 0 aliphatic heterocycles. The van der Waals surface area contributed by atoms with Gasteiger partial charge in [-0.25, -0.2) is 4.79 Å². The fraction of sp³-hybridized carbons (Fsp3) is 0.952. The summed E-state index contributed by atoms with van der Waals surface area (Å²) in [7, 11) is 0. The number of carboxylic acid groups (broad SMARTS) is 1. The molecule has 0 saturated carbocycles. The van der Waals surface area contributed by atoms with Crippen LogP contribution in [-0.2, 0) is 23.7 Å². The Hall–Kier alpha value is -0.690. The summed E-state index contributed by atoms with van der Waals surface area (Å²) in [6.45, 7) is 6.79. The van der Waals surface area contributed by atoms with Crippen LogP contribution in [0.3, 0.4) is 0 Å². The van der Waals surface area contributed by atoms with Crippen molar-refractivity contribution in [2.45, 2.75) is 90.8 Å². The molecule has 0 rings (SSSR count). The topological polar surface area (TPSA) is 74.2 Å². The highest BCUT2D eigenvalue weighted by Crippen LogP contribution is 2.11. The minimum Gasteiger partial charge on any atom is -0.477 e. The van der Waals surface area contributed by atoms with Gasteiger partial charge in [-0.05, 0) is 13.3 Å². The molecule has 0 amide bonds. The fourth-order valence-electron chi connectivity index (χ4n) is 2.73. The molecule has 0 aromatic carbocycles. The molecular formula is C21H42O6. The van der Waals surface area contributed by atoms with Crippen LogP contribution in [0.1, 0.15) is 84.5 Å². The van der Waals surface area contributed by atoms with Crippen LogP contribution in [0.15, 0.2) is 0 Å². The van der Waals surface area contributed by atoms with Gasteiger partial charge in [0, 0.05) is 6.61 Å². The minimum atomic E-state index is -1.20. The van der Waals surface area contributed by atoms with E-state index in [0.717, 1.165) is 12.8 Å². The van der Waals surface area contributed by atoms with E-state index in [4.69, 9.17) is 24.1 Å². The van der Waals surface area contributed by atoms with Crippen LogP contribution in [-0.4, -0.2) is 57.0 Å². The van der Waals surface area contributed by atoms with Gasteiger partial charge in [0.25, 0.3) is 6.29 Å². The number of carbonyl (C=O) groups is 1. The number of rotatable bonds is 22. The fourth-order valence-corrected chi connectivity index (χ4v) is 2.73. The summed E-state index contributed by atoms with van der Waals surface area (Å²) >= 11 is 0. The lowest BCUT2D eigenvalue weighted by Crippen LogP contribution is -2.29. The lowest BCUT2D eigenvalue weighted by atomic mass is 10.1. The average molecular weight is 391 g/mol. The largest absolute Gasteiger partial charge is 0.477 e. The Labute approximate surface area is 165 Å². The molecule has 0 saturated heterocycles. The average Bonchev–Trinajstić information content (AvgIpc) is 2.66. The van der Waals surface area contributed by atoms with Gasteiger partial charge in [0.15, 0.2) is 0 Å². The van der Waals surface area contributed by atoms with Crippen molar-refractivity contribution in [1.82, 2.24) is 0 Å². The second kappa shape index (κ2) is 21.6. The second-order valence-corrected chi connectivity index (χ2v) is 6.76. The van der Waals surface area contributed by atoms with Gasteiger partial charge in [0.05, 0.1) is 33.0 Å². The van der Waals surface area contributed by atoms with Gasteiger partial charge < -0.3 is 24.1 Å². The maximum absolute atomic E-state index is 11.1. The minimum absolute atomic E-state index is 0.196. The first-order chi connectivity index (χ1) is 13.2. The number of carboxylic acids is 1. The molecule has 0 spiro atoms. The van der Waals surface area contributed by atoms with Crippen molar-refractivity contribution in [2.75, 3.05) is 39.6 Å². The second-order valence-electron chi connectivity index (χ2n) is 6.76. The van der Waals surface area contributed by atoms with Crippen LogP contribution in [0.25, 0.3) is 0 Å². The molecule has 0 aliphatic rings. The van der Waals surface area contributed by atoms with E-state index in [-0.39, 0.29) is 6.61 Å². The zero-order chi connectivity index (χ0) is 20.0. The molecule has 1 atom stereocenters. The quantitative estimate of drug-likeness (QED) is 0.211. The van der Waals surface area contributed by atoms with Crippen molar-refractivity contribution in [1.29, 1.82) is 0 Å². The predicted molar refractivity (Wildman–Crippen MR) is 107 cm³/mol. The van der Waals surface area contributed by atoms with Gasteiger partial charge in [-0.2, -0.15) is 0 Å². The Morgan fingerprint density at radius 1 is 0.667 bits per heavy atom. The first kappa shape index (κ1) is 26.3. The molecule has 27 heavy (non-hydrogen) atoms. The lowest BCUT2D eigenvalue weighted by molar-refractivity contribution is -0.192. The Morgan fingerprint density at radius 2 is 1.15 bits per heavy atom. The number of ether oxygens (including phenoxy) is 4. The Balaban J connectivity index is 3.43. The van der Waals surface area contributed by atoms with Crippen LogP contribution in [0.5, 0.6) is 0 Å². The molecule has 0 radical (unpaired) electrons. The third-order valence-electron chi connectivity index (χ3n) is 4.29. The SMILES string of the molecule is CCCCCCCCCCCCCOC(OCCOCCOCC)C(=O)O. The van der Waals surface area contributed by atoms with Gasteiger partial charge in [0.1, 0.15) is 0 Å². The van der Waals surface area contributed by atoms with E-state index < -0.39 is 12.3 Å². The summed E-state index contributed by atoms with van der Waals surface area (Å²) in [6.07, 6.45) is 12.6. The number of unbranched alkanes of at least 4 members (excludes halogenated alkanes) is 10. The van der Waals surface area contributed by atoms with Crippen LogP contribution < -0.4 is 0 Å². The Bertz CT molecular complexity index is 311. The smallest absolute Gasteiger partial charge is 0.361 e. The van der Waals surface area contributed by atoms with Gasteiger partial charge in [-0.15, -0.1) is 0 Å². The maximum atomic E-state index is 11.1. The van der Waals surface area contributed by atoms with E-state index >= 15 is 0 Å². The van der Waals surface area contributed by atoms with Crippen LogP contribution in [0.2, 0.25) is 0 Å². The van der Waals surface area contributed by atoms with E-state index in [1.54, 1.807) is 0 Å². The molecule has 0 aromatic heterocycles. The molecule has 0 bridgehead atoms. The van der Waals surface area contributed by atoms with Crippen molar-refractivity contribution in [3.8, 4) is 0 Å². The highest BCUT2D eigenvalue weighted by Gasteiger charge is 2.18. The van der Waals surface area contributed by atoms with Crippen LogP contribution in [0.4, 0.5) is 0 Å². The molecule has 1 N–H and O–H groups in total. The maximum Gasteiger partial charge on any atom is 0.361 e. The summed E-state index contributed by atoms with van der Waals surface area (Å²) in [5, 5.41) is 9.11. The van der Waals surface area contributed by atoms with Gasteiger partial charge in [-0.3, -0.25) is 0 Å². The van der Waals surface area contributed by atoms with E-state index in [1.165, 1.54) is 57.8 Å². The summed E-state index contributed by atoms with van der Waals surface area (Å²) in [6, 6.07) is 0. The third-order valence-corrected chi connectivity index (χ3v) is 4.29. The normalized spacial score (nSPS) is 12.4. The van der Waals surface area contributed by atoms with E-state index in [0.29, 0.717) is 33.0 Å². The van der Waals surface area contributed by atoms with Gasteiger partial charge in [0.2, 0.25) is 0 Å². The highest BCUT2D eigenvalue weighted by atomic mass is 16.7. The molecule has 6 heteroatoms. The number of hydrogen-bond donors (Lipinski definition) is 1. The van der Waals surface area contributed by atoms with Crippen molar-refractivity contribution in [3.63, 3.8) is 0 Å². The van der Waals surface area contributed by atoms with Gasteiger partial charge >= 0.3 is 5.97 Å². The van der Waals surface area contributed by atoms with Crippen molar-refractivity contribution < 1.29 is 28.8 Å². The first-order valence-electron chi connectivity index (χ1n) is 10.8. The predicted octanol–water partition coefficient (Wildman–Crippen LogP) is 4.79. The van der Waals surface area contributed by atoms with Crippen LogP contribution in [0, 0.1) is 0 Å². The molecule has 6 nitrogen and oxygen atoms in total. The van der Waals surface area contributed by atoms with Crippen molar-refractivity contribution >= 4 is 5.97 Å². The number of aliphatic carboxylic acids is 1. The summed E-state index contributed by atoms with van der Waals surface area (Å²) in [5.74, 6) is -1.09. The molecule has 162 valence electrons. The summed E-state index contributed by atoms with van der Waals surface area (Å²) in [4.78, 5) is 11.1. The molecule has 1 unspecified atom stereocenters. The standard InChI is InChI=1S/C21H42O6/c1-3-5-6-7-8-9-10-11-12-13-14-15-26-21(20(22)23)27-19-18-25-17-16-24-4-2/h21H,3-19H2,1-2H3,(H,22,23). The Kier molecular flexibility index (Phi) is 21.1.